The van der Waals surface area contributed by atoms with E-state index in [1.54, 1.807) is 19.9 Å². The molecule has 4 amide bonds. The molecule has 0 unspecified atom stereocenters. The number of nitrogens with two attached hydrogens (primary N) is 1. The van der Waals surface area contributed by atoms with Crippen molar-refractivity contribution in [1.82, 2.24) is 0 Å². The predicted octanol–water partition coefficient (Wildman–Crippen LogP) is 3.53. The number of rotatable bonds is 6. The molecule has 2 aromatic carbocycles. The molecule has 0 saturated carbocycles. The van der Waals surface area contributed by atoms with Crippen molar-refractivity contribution in [2.45, 2.75) is 27.7 Å². The minimum atomic E-state index is -0.996. The number of anilines is 2. The van der Waals surface area contributed by atoms with E-state index in [0.717, 1.165) is 16.0 Å². The molecule has 0 spiro atoms. The van der Waals surface area contributed by atoms with Crippen LogP contribution in [0, 0.1) is 20.8 Å². The maximum Gasteiger partial charge on any atom is 0.342 e. The summed E-state index contributed by atoms with van der Waals surface area (Å²) in [6.45, 7) is 6.73. The lowest BCUT2D eigenvalue weighted by Crippen LogP contribution is -2.30. The third kappa shape index (κ3) is 4.02. The van der Waals surface area contributed by atoms with Crippen LogP contribution in [-0.2, 0) is 4.74 Å². The van der Waals surface area contributed by atoms with E-state index in [4.69, 9.17) is 14.9 Å². The van der Waals surface area contributed by atoms with Gasteiger partial charge in [-0.2, -0.15) is 0 Å². The molecule has 10 nitrogen and oxygen atoms in total. The van der Waals surface area contributed by atoms with Crippen molar-refractivity contribution in [2.24, 2.45) is 5.73 Å². The normalized spacial score (nSPS) is 12.5. The van der Waals surface area contributed by atoms with E-state index in [9.17, 15) is 24.0 Å². The lowest BCUT2D eigenvalue weighted by molar-refractivity contribution is 0.0521. The van der Waals surface area contributed by atoms with Crippen LogP contribution in [0.5, 0.6) is 0 Å². The number of carbonyl (C=O) groups is 5. The molecule has 3 N–H and O–H groups in total. The largest absolute Gasteiger partial charge is 0.462 e. The third-order valence-corrected chi connectivity index (χ3v) is 5.79. The Balaban J connectivity index is 1.67. The molecule has 0 atom stereocenters. The van der Waals surface area contributed by atoms with E-state index in [-0.39, 0.29) is 46.1 Å². The summed E-state index contributed by atoms with van der Waals surface area (Å²) in [4.78, 5) is 64.6. The van der Waals surface area contributed by atoms with Crippen molar-refractivity contribution < 1.29 is 33.1 Å². The highest BCUT2D eigenvalue weighted by atomic mass is 16.5. The highest BCUT2D eigenvalue weighted by Gasteiger charge is 2.38. The molecule has 36 heavy (non-hydrogen) atoms. The van der Waals surface area contributed by atoms with Gasteiger partial charge in [-0.05, 0) is 63.1 Å². The molecule has 0 saturated heterocycles. The standard InChI is InChI=1S/C26H23N3O7/c1-5-35-26(34)19-14(4)36-23(20(19)21(27)30)28-22(31)15-8-9-16-17(11-15)25(33)29(24(16)32)18-10-12(2)6-7-13(18)3/h6-11H,5H2,1-4H3,(H2,27,30)(H,28,31). The lowest BCUT2D eigenvalue weighted by atomic mass is 10.1. The van der Waals surface area contributed by atoms with Crippen molar-refractivity contribution in [3.05, 3.63) is 81.1 Å². The zero-order valence-corrected chi connectivity index (χ0v) is 20.1. The Kier molecular flexibility index (Phi) is 6.19. The van der Waals surface area contributed by atoms with Crippen molar-refractivity contribution in [3.63, 3.8) is 0 Å². The fourth-order valence-electron chi connectivity index (χ4n) is 4.05. The Morgan fingerprint density at radius 3 is 2.33 bits per heavy atom. The van der Waals surface area contributed by atoms with E-state index < -0.39 is 29.6 Å². The second-order valence-corrected chi connectivity index (χ2v) is 8.27. The van der Waals surface area contributed by atoms with Gasteiger partial charge >= 0.3 is 5.97 Å². The van der Waals surface area contributed by atoms with Crippen LogP contribution >= 0.6 is 0 Å². The van der Waals surface area contributed by atoms with Crippen LogP contribution in [-0.4, -0.2) is 36.2 Å². The predicted molar refractivity (Wildman–Crippen MR) is 129 cm³/mol. The maximum absolute atomic E-state index is 13.2. The highest BCUT2D eigenvalue weighted by molar-refractivity contribution is 6.35. The summed E-state index contributed by atoms with van der Waals surface area (Å²) in [7, 11) is 0. The number of primary amides is 1. The summed E-state index contributed by atoms with van der Waals surface area (Å²) < 4.78 is 10.4. The van der Waals surface area contributed by atoms with E-state index in [1.807, 2.05) is 19.1 Å². The Labute approximate surface area is 206 Å². The Bertz CT molecular complexity index is 1470. The van der Waals surface area contributed by atoms with Crippen molar-refractivity contribution in [2.75, 3.05) is 16.8 Å². The molecule has 0 aliphatic carbocycles. The van der Waals surface area contributed by atoms with Crippen LogP contribution in [0.2, 0.25) is 0 Å². The van der Waals surface area contributed by atoms with Gasteiger partial charge < -0.3 is 14.9 Å². The second-order valence-electron chi connectivity index (χ2n) is 8.27. The quantitative estimate of drug-likeness (QED) is 0.397. The molecule has 0 radical (unpaired) electrons. The molecule has 10 heteroatoms. The molecule has 2 heterocycles. The summed E-state index contributed by atoms with van der Waals surface area (Å²) >= 11 is 0. The monoisotopic (exact) mass is 489 g/mol. The number of nitrogens with one attached hydrogen (secondary N) is 1. The van der Waals surface area contributed by atoms with Crippen molar-refractivity contribution in [1.29, 1.82) is 0 Å². The van der Waals surface area contributed by atoms with Gasteiger partial charge in [-0.3, -0.25) is 24.5 Å². The van der Waals surface area contributed by atoms with Crippen LogP contribution in [0.1, 0.15) is 75.6 Å². The molecule has 0 fully saturated rings. The van der Waals surface area contributed by atoms with Crippen LogP contribution in [0.25, 0.3) is 0 Å². The maximum atomic E-state index is 13.2. The molecular formula is C26H23N3O7. The van der Waals surface area contributed by atoms with Gasteiger partial charge in [-0.15, -0.1) is 0 Å². The van der Waals surface area contributed by atoms with E-state index >= 15 is 0 Å². The number of amides is 4. The summed E-state index contributed by atoms with van der Waals surface area (Å²) in [5.74, 6) is -3.90. The van der Waals surface area contributed by atoms with Gasteiger partial charge in [0.05, 0.1) is 23.4 Å². The average molecular weight is 489 g/mol. The molecule has 0 bridgehead atoms. The topological polar surface area (TPSA) is 149 Å². The number of benzene rings is 2. The van der Waals surface area contributed by atoms with Gasteiger partial charge in [0, 0.05) is 5.56 Å². The third-order valence-electron chi connectivity index (χ3n) is 5.79. The van der Waals surface area contributed by atoms with Crippen LogP contribution in [0.15, 0.2) is 40.8 Å². The fourth-order valence-corrected chi connectivity index (χ4v) is 4.05. The van der Waals surface area contributed by atoms with Crippen LogP contribution < -0.4 is 16.0 Å². The number of furan rings is 1. The SMILES string of the molecule is CCOC(=O)c1c(C)oc(NC(=O)c2ccc3c(c2)C(=O)N(c2cc(C)ccc2C)C3=O)c1C(N)=O. The molecule has 1 aliphatic rings. The van der Waals surface area contributed by atoms with Crippen molar-refractivity contribution >= 4 is 41.2 Å². The summed E-state index contributed by atoms with van der Waals surface area (Å²) in [5, 5.41) is 2.42. The Hall–Kier alpha value is -4.73. The molecule has 3 aromatic rings. The molecule has 1 aromatic heterocycles. The van der Waals surface area contributed by atoms with Gasteiger partial charge in [0.15, 0.2) is 0 Å². The van der Waals surface area contributed by atoms with Gasteiger partial charge in [0.2, 0.25) is 5.88 Å². The number of aryl methyl sites for hydroxylation is 3. The first-order chi connectivity index (χ1) is 17.0. The molecular weight excluding hydrogens is 466 g/mol. The Morgan fingerprint density at radius 2 is 1.67 bits per heavy atom. The smallest absolute Gasteiger partial charge is 0.342 e. The van der Waals surface area contributed by atoms with E-state index in [0.29, 0.717) is 5.69 Å². The first-order valence-electron chi connectivity index (χ1n) is 11.1. The van der Waals surface area contributed by atoms with Gasteiger partial charge in [0.25, 0.3) is 23.6 Å². The first kappa shape index (κ1) is 24.4. The lowest BCUT2D eigenvalue weighted by Gasteiger charge is -2.17. The van der Waals surface area contributed by atoms with E-state index in [1.165, 1.54) is 25.1 Å². The number of nitrogens with zero attached hydrogens (tertiary/aromatic N) is 1. The summed E-state index contributed by atoms with van der Waals surface area (Å²) in [6.07, 6.45) is 0. The summed E-state index contributed by atoms with van der Waals surface area (Å²) in [5.41, 5.74) is 7.27. The van der Waals surface area contributed by atoms with Crippen molar-refractivity contribution in [3.8, 4) is 0 Å². The van der Waals surface area contributed by atoms with Gasteiger partial charge in [0.1, 0.15) is 16.9 Å². The minimum Gasteiger partial charge on any atom is -0.462 e. The minimum absolute atomic E-state index is 0.0277. The average Bonchev–Trinajstić information content (AvgIpc) is 3.28. The highest BCUT2D eigenvalue weighted by Crippen LogP contribution is 2.32. The Morgan fingerprint density at radius 1 is 0.972 bits per heavy atom. The zero-order chi connectivity index (χ0) is 26.3. The number of carbonyl (C=O) groups excluding carboxylic acids is 5. The number of ether oxygens (including phenoxy) is 1. The number of imide groups is 1. The number of fused-ring (bicyclic) bond motifs is 1. The fraction of sp³-hybridized carbons (Fsp3) is 0.192. The molecule has 1 aliphatic heterocycles. The molecule has 184 valence electrons. The number of esters is 1. The van der Waals surface area contributed by atoms with Gasteiger partial charge in [-0.25, -0.2) is 9.69 Å². The summed E-state index contributed by atoms with van der Waals surface area (Å²) in [6, 6.07) is 9.50. The van der Waals surface area contributed by atoms with Gasteiger partial charge in [-0.1, -0.05) is 12.1 Å². The van der Waals surface area contributed by atoms with Crippen LogP contribution in [0.3, 0.4) is 0 Å². The second kappa shape index (κ2) is 9.14. The molecule has 4 rings (SSSR count). The van der Waals surface area contributed by atoms with Crippen LogP contribution in [0.4, 0.5) is 11.6 Å². The zero-order valence-electron chi connectivity index (χ0n) is 20.1. The van der Waals surface area contributed by atoms with E-state index in [2.05, 4.69) is 5.32 Å². The number of hydrogen-bond donors (Lipinski definition) is 2. The number of hydrogen-bond acceptors (Lipinski definition) is 7. The first-order valence-corrected chi connectivity index (χ1v) is 11.1.